The Balaban J connectivity index is 2.03. The molecule has 0 aromatic carbocycles. The minimum atomic E-state index is -0.517. The lowest BCUT2D eigenvalue weighted by molar-refractivity contribution is -0.114. The zero-order valence-corrected chi connectivity index (χ0v) is 10.1. The number of hydrogen-bond donors (Lipinski definition) is 0. The number of fused-ring (bicyclic) bond motifs is 1. The highest BCUT2D eigenvalue weighted by atomic mass is 16.6. The van der Waals surface area contributed by atoms with Crippen LogP contribution in [0.4, 0.5) is 4.79 Å². The van der Waals surface area contributed by atoms with Crippen LogP contribution in [0.15, 0.2) is 21.9 Å². The molecule has 0 aromatic rings. The van der Waals surface area contributed by atoms with Crippen LogP contribution in [0.2, 0.25) is 0 Å². The summed E-state index contributed by atoms with van der Waals surface area (Å²) in [6.07, 6.45) is 1.07. The van der Waals surface area contributed by atoms with Crippen molar-refractivity contribution in [1.29, 1.82) is 0 Å². The summed E-state index contributed by atoms with van der Waals surface area (Å²) in [5.41, 5.74) is 0.312. The molecule has 6 heteroatoms. The molecule has 0 bridgehead atoms. The van der Waals surface area contributed by atoms with E-state index in [1.54, 1.807) is 4.90 Å². The minimum Gasteiger partial charge on any atom is -0.444 e. The van der Waals surface area contributed by atoms with Gasteiger partial charge in [-0.25, -0.2) is 4.79 Å². The standard InChI is InChI=1S/C11H15N3O3/c1-11(2,3)17-10(16)14-5-7-4-9(15)13-12-8(7)6-14/h4,8H,5-6H2,1-3H3. The Bertz CT molecular complexity index is 420. The Morgan fingerprint density at radius 3 is 2.88 bits per heavy atom. The molecule has 2 aliphatic rings. The van der Waals surface area contributed by atoms with Crippen LogP contribution in [-0.4, -0.2) is 41.6 Å². The van der Waals surface area contributed by atoms with Gasteiger partial charge in [0.25, 0.3) is 5.91 Å². The quantitative estimate of drug-likeness (QED) is 0.641. The molecule has 1 atom stereocenters. The van der Waals surface area contributed by atoms with Gasteiger partial charge in [-0.15, -0.1) is 5.11 Å². The summed E-state index contributed by atoms with van der Waals surface area (Å²) in [6.45, 7) is 6.27. The van der Waals surface area contributed by atoms with Gasteiger partial charge in [-0.05, 0) is 26.3 Å². The van der Waals surface area contributed by atoms with Crippen LogP contribution in [0.5, 0.6) is 0 Å². The SMILES string of the molecule is CC(C)(C)OC(=O)N1CC2=CC(=O)N=NC2C1. The number of azo groups is 1. The third kappa shape index (κ3) is 2.69. The van der Waals surface area contributed by atoms with Crippen molar-refractivity contribution in [2.75, 3.05) is 13.1 Å². The molecule has 0 N–H and O–H groups in total. The molecule has 2 heterocycles. The van der Waals surface area contributed by atoms with Crippen molar-refractivity contribution in [2.24, 2.45) is 10.2 Å². The van der Waals surface area contributed by atoms with E-state index in [1.165, 1.54) is 6.08 Å². The lowest BCUT2D eigenvalue weighted by Crippen LogP contribution is -2.35. The molecule has 1 unspecified atom stereocenters. The molecule has 0 saturated carbocycles. The summed E-state index contributed by atoms with van der Waals surface area (Å²) in [7, 11) is 0. The van der Waals surface area contributed by atoms with E-state index in [2.05, 4.69) is 10.2 Å². The van der Waals surface area contributed by atoms with Crippen LogP contribution in [0.3, 0.4) is 0 Å². The molecule has 0 aliphatic carbocycles. The Morgan fingerprint density at radius 1 is 1.53 bits per heavy atom. The molecular weight excluding hydrogens is 222 g/mol. The van der Waals surface area contributed by atoms with Crippen molar-refractivity contribution in [3.63, 3.8) is 0 Å². The maximum atomic E-state index is 11.8. The van der Waals surface area contributed by atoms with Crippen molar-refractivity contribution in [2.45, 2.75) is 32.4 Å². The number of hydrogen-bond acceptors (Lipinski definition) is 4. The largest absolute Gasteiger partial charge is 0.444 e. The Kier molecular flexibility index (Phi) is 2.73. The molecule has 17 heavy (non-hydrogen) atoms. The monoisotopic (exact) mass is 237 g/mol. The molecule has 2 aliphatic heterocycles. The highest BCUT2D eigenvalue weighted by Gasteiger charge is 2.35. The lowest BCUT2D eigenvalue weighted by atomic mass is 10.1. The van der Waals surface area contributed by atoms with E-state index in [1.807, 2.05) is 20.8 Å². The molecular formula is C11H15N3O3. The van der Waals surface area contributed by atoms with Gasteiger partial charge in [0.05, 0.1) is 6.54 Å². The fourth-order valence-corrected chi connectivity index (χ4v) is 1.75. The number of nitrogens with zero attached hydrogens (tertiary/aromatic N) is 3. The second-order valence-electron chi connectivity index (χ2n) is 5.15. The van der Waals surface area contributed by atoms with E-state index in [-0.39, 0.29) is 18.0 Å². The second-order valence-corrected chi connectivity index (χ2v) is 5.15. The summed E-state index contributed by atoms with van der Waals surface area (Å²) < 4.78 is 5.26. The normalized spacial score (nSPS) is 23.5. The van der Waals surface area contributed by atoms with Gasteiger partial charge in [0.15, 0.2) is 0 Å². The molecule has 1 fully saturated rings. The first kappa shape index (κ1) is 11.8. The van der Waals surface area contributed by atoms with Gasteiger partial charge in [-0.3, -0.25) is 4.79 Å². The average Bonchev–Trinajstić information content (AvgIpc) is 2.57. The maximum absolute atomic E-state index is 11.8. The van der Waals surface area contributed by atoms with Crippen molar-refractivity contribution in [1.82, 2.24) is 4.90 Å². The van der Waals surface area contributed by atoms with Gasteiger partial charge in [0.1, 0.15) is 11.6 Å². The number of amides is 2. The summed E-state index contributed by atoms with van der Waals surface area (Å²) in [4.78, 5) is 24.4. The van der Waals surface area contributed by atoms with E-state index < -0.39 is 5.60 Å². The van der Waals surface area contributed by atoms with E-state index in [9.17, 15) is 9.59 Å². The maximum Gasteiger partial charge on any atom is 0.410 e. The molecule has 6 nitrogen and oxygen atoms in total. The first-order valence-corrected chi connectivity index (χ1v) is 5.48. The second kappa shape index (κ2) is 3.94. The van der Waals surface area contributed by atoms with Crippen LogP contribution < -0.4 is 0 Å². The zero-order valence-electron chi connectivity index (χ0n) is 10.1. The number of ether oxygens (including phenoxy) is 1. The van der Waals surface area contributed by atoms with Crippen molar-refractivity contribution in [3.05, 3.63) is 11.6 Å². The molecule has 2 rings (SSSR count). The van der Waals surface area contributed by atoms with Crippen LogP contribution in [0, 0.1) is 0 Å². The predicted molar refractivity (Wildman–Crippen MR) is 59.5 cm³/mol. The van der Waals surface area contributed by atoms with Gasteiger partial charge in [-0.2, -0.15) is 5.11 Å². The van der Waals surface area contributed by atoms with Crippen molar-refractivity contribution < 1.29 is 14.3 Å². The fourth-order valence-electron chi connectivity index (χ4n) is 1.75. The summed E-state index contributed by atoms with van der Waals surface area (Å²) >= 11 is 0. The van der Waals surface area contributed by atoms with Crippen LogP contribution in [-0.2, 0) is 9.53 Å². The number of carbonyl (C=O) groups is 2. The Labute approximate surface area is 99.3 Å². The summed E-state index contributed by atoms with van der Waals surface area (Å²) in [6, 6.07) is -0.180. The van der Waals surface area contributed by atoms with Crippen LogP contribution in [0.1, 0.15) is 20.8 Å². The summed E-state index contributed by atoms with van der Waals surface area (Å²) in [5, 5.41) is 7.33. The predicted octanol–water partition coefficient (Wildman–Crippen LogP) is 1.52. The molecule has 1 saturated heterocycles. The highest BCUT2D eigenvalue weighted by molar-refractivity contribution is 5.90. The minimum absolute atomic E-state index is 0.180. The van der Waals surface area contributed by atoms with Gasteiger partial charge in [-0.1, -0.05) is 0 Å². The number of carbonyl (C=O) groups excluding carboxylic acids is 2. The lowest BCUT2D eigenvalue weighted by Gasteiger charge is -2.23. The van der Waals surface area contributed by atoms with Crippen LogP contribution in [0.25, 0.3) is 0 Å². The van der Waals surface area contributed by atoms with Crippen molar-refractivity contribution in [3.8, 4) is 0 Å². The number of likely N-dealkylation sites (tertiary alicyclic amines) is 1. The summed E-state index contributed by atoms with van der Waals surface area (Å²) in [5.74, 6) is -0.359. The van der Waals surface area contributed by atoms with E-state index >= 15 is 0 Å². The zero-order chi connectivity index (χ0) is 12.6. The Morgan fingerprint density at radius 2 is 2.24 bits per heavy atom. The topological polar surface area (TPSA) is 71.3 Å². The van der Waals surface area contributed by atoms with Gasteiger partial charge < -0.3 is 9.64 Å². The molecule has 0 radical (unpaired) electrons. The Hall–Kier alpha value is -1.72. The van der Waals surface area contributed by atoms with Gasteiger partial charge in [0.2, 0.25) is 0 Å². The molecule has 0 aromatic heterocycles. The first-order valence-electron chi connectivity index (χ1n) is 5.48. The first-order chi connectivity index (χ1) is 7.85. The molecule has 2 amide bonds. The number of rotatable bonds is 0. The van der Waals surface area contributed by atoms with Crippen LogP contribution >= 0.6 is 0 Å². The highest BCUT2D eigenvalue weighted by Crippen LogP contribution is 2.24. The molecule has 92 valence electrons. The third-order valence-corrected chi connectivity index (χ3v) is 2.45. The van der Waals surface area contributed by atoms with E-state index in [0.29, 0.717) is 13.1 Å². The average molecular weight is 237 g/mol. The third-order valence-electron chi connectivity index (χ3n) is 2.45. The van der Waals surface area contributed by atoms with Gasteiger partial charge in [0, 0.05) is 12.6 Å². The van der Waals surface area contributed by atoms with Gasteiger partial charge >= 0.3 is 6.09 Å². The fraction of sp³-hybridized carbons (Fsp3) is 0.636. The smallest absolute Gasteiger partial charge is 0.410 e. The van der Waals surface area contributed by atoms with E-state index in [4.69, 9.17) is 4.74 Å². The van der Waals surface area contributed by atoms with Crippen molar-refractivity contribution >= 4 is 12.0 Å². The molecule has 0 spiro atoms. The van der Waals surface area contributed by atoms with E-state index in [0.717, 1.165) is 5.57 Å².